The molecule has 2 aromatic carbocycles. The highest BCUT2D eigenvalue weighted by molar-refractivity contribution is 5.98. The molecule has 3 aromatic rings. The fourth-order valence-electron chi connectivity index (χ4n) is 3.95. The Morgan fingerprint density at radius 2 is 1.78 bits per heavy atom. The van der Waals surface area contributed by atoms with E-state index >= 15 is 0 Å². The summed E-state index contributed by atoms with van der Waals surface area (Å²) in [7, 11) is 0. The Hall–Kier alpha value is -4.32. The number of para-hydroxylation sites is 1. The van der Waals surface area contributed by atoms with E-state index in [4.69, 9.17) is 14.6 Å². The number of halogens is 3. The van der Waals surface area contributed by atoms with Gasteiger partial charge >= 0.3 is 12.1 Å². The Morgan fingerprint density at radius 1 is 1.08 bits per heavy atom. The third kappa shape index (κ3) is 5.75. The van der Waals surface area contributed by atoms with E-state index in [2.05, 4.69) is 5.32 Å². The molecule has 1 aliphatic heterocycles. The van der Waals surface area contributed by atoms with Gasteiger partial charge in [-0.1, -0.05) is 42.5 Å². The minimum atomic E-state index is -4.48. The number of ether oxygens (including phenoxy) is 2. The Bertz CT molecular complexity index is 1400. The maximum Gasteiger partial charge on any atom is 0.422 e. The minimum absolute atomic E-state index is 0.00345. The molecule has 0 atom stereocenters. The van der Waals surface area contributed by atoms with Gasteiger partial charge in [-0.05, 0) is 17.2 Å². The number of carbonyl (C=O) groups excluding carboxylic acids is 1. The highest BCUT2D eigenvalue weighted by atomic mass is 19.4. The molecule has 3 N–H and O–H groups in total. The molecule has 194 valence electrons. The van der Waals surface area contributed by atoms with E-state index in [1.54, 1.807) is 42.5 Å². The van der Waals surface area contributed by atoms with Crippen molar-refractivity contribution in [2.24, 2.45) is 0 Å². The number of carboxylic acids is 1. The first-order chi connectivity index (χ1) is 17.5. The van der Waals surface area contributed by atoms with Crippen LogP contribution in [0, 0.1) is 0 Å². The van der Waals surface area contributed by atoms with E-state index in [-0.39, 0.29) is 31.1 Å². The lowest BCUT2D eigenvalue weighted by Gasteiger charge is -2.16. The number of hydrogen-bond donors (Lipinski definition) is 3. The van der Waals surface area contributed by atoms with E-state index in [0.717, 1.165) is 0 Å². The number of benzene rings is 2. The van der Waals surface area contributed by atoms with Crippen molar-refractivity contribution in [3.05, 3.63) is 81.3 Å². The molecule has 0 fully saturated rings. The second kappa shape index (κ2) is 10.3. The number of pyridine rings is 1. The second-order valence-electron chi connectivity index (χ2n) is 8.21. The van der Waals surface area contributed by atoms with Crippen LogP contribution in [-0.4, -0.2) is 46.0 Å². The van der Waals surface area contributed by atoms with Gasteiger partial charge < -0.3 is 29.6 Å². The van der Waals surface area contributed by atoms with Crippen molar-refractivity contribution in [1.29, 1.82) is 0 Å². The van der Waals surface area contributed by atoms with Gasteiger partial charge in [-0.2, -0.15) is 13.2 Å². The standard InChI is InChI=1S/C25H21F3N2O7/c26-25(27,28)13-37-19-4-2-1-3-16(19)15-7-5-14(6-8-15)10-30-18-12-36-11-17(18)22(33)21(24(30)35)23(34)29-9-20(31)32/h1-8,33H,9-13H2,(H,29,34)(H,31,32). The number of amides is 1. The lowest BCUT2D eigenvalue weighted by Crippen LogP contribution is -2.37. The summed E-state index contributed by atoms with van der Waals surface area (Å²) in [5.41, 5.74) is 0.891. The molecule has 37 heavy (non-hydrogen) atoms. The van der Waals surface area contributed by atoms with Crippen molar-refractivity contribution in [1.82, 2.24) is 9.88 Å². The third-order valence-corrected chi connectivity index (χ3v) is 5.65. The molecule has 0 spiro atoms. The van der Waals surface area contributed by atoms with E-state index in [1.807, 2.05) is 0 Å². The van der Waals surface area contributed by atoms with Gasteiger partial charge in [0.05, 0.1) is 25.5 Å². The molecule has 0 radical (unpaired) electrons. The van der Waals surface area contributed by atoms with Gasteiger partial charge in [-0.3, -0.25) is 14.4 Å². The number of hydrogen-bond acceptors (Lipinski definition) is 6. The molecule has 1 aliphatic rings. The van der Waals surface area contributed by atoms with Crippen LogP contribution in [0.15, 0.2) is 53.3 Å². The molecule has 12 heteroatoms. The predicted molar refractivity (Wildman–Crippen MR) is 123 cm³/mol. The monoisotopic (exact) mass is 518 g/mol. The zero-order valence-electron chi connectivity index (χ0n) is 19.2. The van der Waals surface area contributed by atoms with E-state index < -0.39 is 48.1 Å². The van der Waals surface area contributed by atoms with E-state index in [9.17, 15) is 32.7 Å². The fraction of sp³-hybridized carbons (Fsp3) is 0.240. The van der Waals surface area contributed by atoms with Gasteiger partial charge in [0, 0.05) is 11.1 Å². The number of aliphatic carboxylic acids is 1. The summed E-state index contributed by atoms with van der Waals surface area (Å²) in [6, 6.07) is 12.9. The molecule has 1 amide bonds. The van der Waals surface area contributed by atoms with Gasteiger partial charge in [-0.25, -0.2) is 0 Å². The zero-order valence-corrected chi connectivity index (χ0v) is 19.2. The summed E-state index contributed by atoms with van der Waals surface area (Å²) in [5, 5.41) is 21.4. The number of carboxylic acid groups (broad SMARTS) is 1. The van der Waals surface area contributed by atoms with Gasteiger partial charge in [0.25, 0.3) is 11.5 Å². The summed E-state index contributed by atoms with van der Waals surface area (Å²) in [6.07, 6.45) is -4.48. The van der Waals surface area contributed by atoms with Gasteiger partial charge in [0.15, 0.2) is 6.61 Å². The molecular formula is C25H21F3N2O7. The normalized spacial score (nSPS) is 12.7. The Morgan fingerprint density at radius 3 is 2.46 bits per heavy atom. The Balaban J connectivity index is 1.64. The molecule has 4 rings (SSSR count). The highest BCUT2D eigenvalue weighted by Gasteiger charge is 2.30. The average Bonchev–Trinajstić information content (AvgIpc) is 3.35. The van der Waals surface area contributed by atoms with Crippen LogP contribution in [0.4, 0.5) is 13.2 Å². The van der Waals surface area contributed by atoms with Crippen LogP contribution in [-0.2, 0) is 29.3 Å². The first-order valence-corrected chi connectivity index (χ1v) is 11.0. The maximum absolute atomic E-state index is 13.2. The first-order valence-electron chi connectivity index (χ1n) is 11.0. The fourth-order valence-corrected chi connectivity index (χ4v) is 3.95. The molecule has 2 heterocycles. The number of aromatic nitrogens is 1. The van der Waals surface area contributed by atoms with Crippen LogP contribution < -0.4 is 15.6 Å². The molecule has 0 saturated carbocycles. The molecular weight excluding hydrogens is 497 g/mol. The van der Waals surface area contributed by atoms with E-state index in [0.29, 0.717) is 22.4 Å². The number of fused-ring (bicyclic) bond motifs is 1. The maximum atomic E-state index is 13.2. The molecule has 0 aliphatic carbocycles. The number of alkyl halides is 3. The predicted octanol–water partition coefficient (Wildman–Crippen LogP) is 3.05. The molecule has 9 nitrogen and oxygen atoms in total. The van der Waals surface area contributed by atoms with Gasteiger partial charge in [0.1, 0.15) is 23.6 Å². The van der Waals surface area contributed by atoms with Crippen LogP contribution >= 0.6 is 0 Å². The van der Waals surface area contributed by atoms with Crippen molar-refractivity contribution in [3.8, 4) is 22.6 Å². The van der Waals surface area contributed by atoms with Crippen molar-refractivity contribution >= 4 is 11.9 Å². The Labute approximate surface area is 207 Å². The number of nitrogens with one attached hydrogen (secondary N) is 1. The lowest BCUT2D eigenvalue weighted by atomic mass is 10.0. The van der Waals surface area contributed by atoms with Crippen LogP contribution in [0.1, 0.15) is 27.2 Å². The number of aromatic hydroxyl groups is 1. The lowest BCUT2D eigenvalue weighted by molar-refractivity contribution is -0.153. The van der Waals surface area contributed by atoms with E-state index in [1.165, 1.54) is 10.6 Å². The van der Waals surface area contributed by atoms with Crippen molar-refractivity contribution in [2.45, 2.75) is 25.9 Å². The van der Waals surface area contributed by atoms with Crippen molar-refractivity contribution in [3.63, 3.8) is 0 Å². The van der Waals surface area contributed by atoms with Crippen LogP contribution in [0.5, 0.6) is 11.5 Å². The minimum Gasteiger partial charge on any atom is -0.506 e. The van der Waals surface area contributed by atoms with Crippen LogP contribution in [0.25, 0.3) is 11.1 Å². The Kier molecular flexibility index (Phi) is 7.21. The summed E-state index contributed by atoms with van der Waals surface area (Å²) >= 11 is 0. The van der Waals surface area contributed by atoms with Gasteiger partial charge in [-0.15, -0.1) is 0 Å². The van der Waals surface area contributed by atoms with Crippen LogP contribution in [0.3, 0.4) is 0 Å². The van der Waals surface area contributed by atoms with Crippen LogP contribution in [0.2, 0.25) is 0 Å². The third-order valence-electron chi connectivity index (χ3n) is 5.65. The average molecular weight is 518 g/mol. The summed E-state index contributed by atoms with van der Waals surface area (Å²) in [6.45, 7) is -2.18. The molecule has 0 bridgehead atoms. The molecule has 1 aromatic heterocycles. The first kappa shape index (κ1) is 25.8. The molecule has 0 unspecified atom stereocenters. The number of rotatable bonds is 8. The molecule has 0 saturated heterocycles. The van der Waals surface area contributed by atoms with Crippen molar-refractivity contribution < 1.29 is 42.4 Å². The highest BCUT2D eigenvalue weighted by Crippen LogP contribution is 2.32. The largest absolute Gasteiger partial charge is 0.506 e. The topological polar surface area (TPSA) is 127 Å². The number of carbonyl (C=O) groups is 2. The summed E-state index contributed by atoms with van der Waals surface area (Å²) in [5.74, 6) is -2.83. The number of nitrogens with zero attached hydrogens (tertiary/aromatic N) is 1. The zero-order chi connectivity index (χ0) is 26.7. The summed E-state index contributed by atoms with van der Waals surface area (Å²) < 4.78 is 49.4. The smallest absolute Gasteiger partial charge is 0.422 e. The van der Waals surface area contributed by atoms with Crippen molar-refractivity contribution in [2.75, 3.05) is 13.2 Å². The SMILES string of the molecule is O=C(O)CNC(=O)c1c(O)c2c(n(Cc3ccc(-c4ccccc4OCC(F)(F)F)cc3)c1=O)COC2. The summed E-state index contributed by atoms with van der Waals surface area (Å²) in [4.78, 5) is 36.4. The quantitative estimate of drug-likeness (QED) is 0.418. The van der Waals surface area contributed by atoms with Gasteiger partial charge in [0.2, 0.25) is 0 Å². The second-order valence-corrected chi connectivity index (χ2v) is 8.21.